The van der Waals surface area contributed by atoms with Crippen molar-refractivity contribution in [3.05, 3.63) is 96.2 Å². The van der Waals surface area contributed by atoms with E-state index >= 15 is 0 Å². The van der Waals surface area contributed by atoms with Gasteiger partial charge in [-0.25, -0.2) is 0 Å². The first kappa shape index (κ1) is 26.1. The maximum absolute atomic E-state index is 11.4. The lowest BCUT2D eigenvalue weighted by Gasteiger charge is -2.18. The summed E-state index contributed by atoms with van der Waals surface area (Å²) in [6.45, 7) is 5.31. The number of allylic oxidation sites excluding steroid dienone is 2. The summed E-state index contributed by atoms with van der Waals surface area (Å²) in [4.78, 5) is 1.98. The average Bonchev–Trinajstić information content (AvgIpc) is 3.47. The molecule has 1 aliphatic rings. The highest BCUT2D eigenvalue weighted by molar-refractivity contribution is 7.85. The number of hydrogen-bond donors (Lipinski definition) is 1. The maximum atomic E-state index is 11.4. The molecule has 0 amide bonds. The predicted octanol–water partition coefficient (Wildman–Crippen LogP) is 6.86. The molecule has 4 aromatic carbocycles. The minimum atomic E-state index is -4.06. The van der Waals surface area contributed by atoms with Gasteiger partial charge in [0, 0.05) is 12.6 Å². The molecule has 40 heavy (non-hydrogen) atoms. The summed E-state index contributed by atoms with van der Waals surface area (Å²) >= 11 is 0. The fourth-order valence-electron chi connectivity index (χ4n) is 5.39. The molecule has 0 aliphatic carbocycles. The second-order valence-corrected chi connectivity index (χ2v) is 11.5. The Kier molecular flexibility index (Phi) is 6.82. The van der Waals surface area contributed by atoms with Crippen LogP contribution in [0.15, 0.2) is 94.7 Å². The predicted molar refractivity (Wildman–Crippen MR) is 159 cm³/mol. The fraction of sp³-hybridized carbons (Fsp3) is 0.219. The van der Waals surface area contributed by atoms with Crippen molar-refractivity contribution in [3.8, 4) is 5.75 Å². The van der Waals surface area contributed by atoms with Crippen LogP contribution < -0.4 is 14.2 Å². The van der Waals surface area contributed by atoms with E-state index in [0.29, 0.717) is 18.2 Å². The van der Waals surface area contributed by atoms with Gasteiger partial charge in [-0.15, -0.1) is 0 Å². The molecule has 0 unspecified atom stereocenters. The van der Waals surface area contributed by atoms with E-state index in [1.54, 1.807) is 0 Å². The van der Waals surface area contributed by atoms with Crippen molar-refractivity contribution in [2.24, 2.45) is 0 Å². The van der Waals surface area contributed by atoms with Gasteiger partial charge in [-0.05, 0) is 65.8 Å². The number of aryl methyl sites for hydroxylation is 1. The second kappa shape index (κ2) is 10.4. The first-order valence-corrected chi connectivity index (χ1v) is 15.1. The molecule has 5 aromatic rings. The Bertz CT molecular complexity index is 1920. The number of oxazole rings is 1. The van der Waals surface area contributed by atoms with Crippen molar-refractivity contribution < 1.29 is 26.7 Å². The lowest BCUT2D eigenvalue weighted by molar-refractivity contribution is -0.673. The summed E-state index contributed by atoms with van der Waals surface area (Å²) < 4.78 is 47.0. The lowest BCUT2D eigenvalue weighted by Crippen LogP contribution is -2.34. The van der Waals surface area contributed by atoms with Gasteiger partial charge in [0.1, 0.15) is 6.54 Å². The number of nitrogens with zero attached hydrogens (tertiary/aromatic N) is 2. The Morgan fingerprint density at radius 3 is 2.42 bits per heavy atom. The van der Waals surface area contributed by atoms with Crippen LogP contribution in [-0.4, -0.2) is 25.3 Å². The van der Waals surface area contributed by atoms with Crippen LogP contribution in [0, 0.1) is 0 Å². The third-order valence-corrected chi connectivity index (χ3v) is 8.14. The average molecular weight is 556 g/mol. The summed E-state index contributed by atoms with van der Waals surface area (Å²) in [5, 5.41) is 4.44. The van der Waals surface area contributed by atoms with Gasteiger partial charge in [0.05, 0.1) is 22.9 Å². The molecule has 204 valence electrons. The van der Waals surface area contributed by atoms with Gasteiger partial charge in [0.2, 0.25) is 11.5 Å². The monoisotopic (exact) mass is 555 g/mol. The van der Waals surface area contributed by atoms with Crippen LogP contribution in [0.25, 0.3) is 38.7 Å². The molecule has 2 heterocycles. The SMILES string of the molecule is CCC(/C=C1\Oc2cc3ccccc3cc2N1CCCS(=O)(=O)O)=C\c1oc2ccc3ccccc3c2[n+]1CC. The second-order valence-electron chi connectivity index (χ2n) is 9.93. The molecular formula is C32H31N2O5S+. The molecule has 0 spiro atoms. The lowest BCUT2D eigenvalue weighted by atomic mass is 10.1. The Morgan fingerprint density at radius 2 is 1.70 bits per heavy atom. The van der Waals surface area contributed by atoms with Gasteiger partial charge in [-0.3, -0.25) is 4.55 Å². The van der Waals surface area contributed by atoms with Gasteiger partial charge in [0.25, 0.3) is 15.6 Å². The van der Waals surface area contributed by atoms with Crippen molar-refractivity contribution in [1.82, 2.24) is 0 Å². The Hall–Kier alpha value is -4.14. The van der Waals surface area contributed by atoms with Crippen LogP contribution in [-0.2, 0) is 16.7 Å². The van der Waals surface area contributed by atoms with E-state index in [4.69, 9.17) is 9.15 Å². The summed E-state index contributed by atoms with van der Waals surface area (Å²) in [5.74, 6) is 1.76. The minimum absolute atomic E-state index is 0.253. The number of aromatic nitrogens is 1. The molecule has 1 aromatic heterocycles. The standard InChI is InChI=1S/C32H30N2O5S/c1-3-22(18-30-33(4-2)32-26-13-8-7-10-23(26)14-15-28(32)38-30)19-31-34(16-9-17-40(35,36)37)27-20-24-11-5-6-12-25(24)21-29(27)39-31/h5-8,10-15,18-21H,3-4,9,16-17H2,1-2H3/p+1. The summed E-state index contributed by atoms with van der Waals surface area (Å²) in [6.07, 6.45) is 5.02. The molecule has 0 saturated heterocycles. The Morgan fingerprint density at radius 1 is 0.975 bits per heavy atom. The number of hydrogen-bond acceptors (Lipinski definition) is 5. The number of ether oxygens (including phenoxy) is 1. The smallest absolute Gasteiger partial charge is 0.374 e. The molecular weight excluding hydrogens is 524 g/mol. The van der Waals surface area contributed by atoms with Crippen LogP contribution in [0.2, 0.25) is 0 Å². The molecule has 8 heteroatoms. The van der Waals surface area contributed by atoms with Crippen molar-refractivity contribution in [2.45, 2.75) is 33.2 Å². The summed E-state index contributed by atoms with van der Waals surface area (Å²) in [7, 11) is -4.06. The first-order chi connectivity index (χ1) is 19.3. The summed E-state index contributed by atoms with van der Waals surface area (Å²) in [6, 6.07) is 24.5. The third kappa shape index (κ3) is 4.96. The van der Waals surface area contributed by atoms with Crippen molar-refractivity contribution in [3.63, 3.8) is 0 Å². The third-order valence-electron chi connectivity index (χ3n) is 7.34. The zero-order chi connectivity index (χ0) is 27.9. The van der Waals surface area contributed by atoms with Crippen molar-refractivity contribution >= 4 is 54.5 Å². The van der Waals surface area contributed by atoms with Crippen LogP contribution >= 0.6 is 0 Å². The quantitative estimate of drug-likeness (QED) is 0.166. The first-order valence-electron chi connectivity index (χ1n) is 13.5. The zero-order valence-electron chi connectivity index (χ0n) is 22.5. The largest absolute Gasteiger partial charge is 0.439 e. The van der Waals surface area contributed by atoms with E-state index in [2.05, 4.69) is 42.7 Å². The molecule has 7 nitrogen and oxygen atoms in total. The normalized spacial score (nSPS) is 14.9. The van der Waals surface area contributed by atoms with E-state index in [1.807, 2.05) is 65.6 Å². The van der Waals surface area contributed by atoms with Crippen LogP contribution in [0.1, 0.15) is 32.6 Å². The van der Waals surface area contributed by atoms with E-state index in [-0.39, 0.29) is 12.2 Å². The Balaban J connectivity index is 1.42. The summed E-state index contributed by atoms with van der Waals surface area (Å²) in [5.41, 5.74) is 3.77. The molecule has 0 fully saturated rings. The highest BCUT2D eigenvalue weighted by Crippen LogP contribution is 2.42. The van der Waals surface area contributed by atoms with Gasteiger partial charge >= 0.3 is 5.89 Å². The molecule has 0 atom stereocenters. The molecule has 0 saturated carbocycles. The van der Waals surface area contributed by atoms with Crippen LogP contribution in [0.4, 0.5) is 5.69 Å². The van der Waals surface area contributed by atoms with Crippen molar-refractivity contribution in [1.29, 1.82) is 0 Å². The highest BCUT2D eigenvalue weighted by atomic mass is 32.2. The van der Waals surface area contributed by atoms with Gasteiger partial charge in [0.15, 0.2) is 5.75 Å². The number of rotatable bonds is 8. The molecule has 1 aliphatic heterocycles. The van der Waals surface area contributed by atoms with Gasteiger partial charge in [-0.2, -0.15) is 13.0 Å². The molecule has 1 N–H and O–H groups in total. The molecule has 0 radical (unpaired) electrons. The number of fused-ring (bicyclic) bond motifs is 5. The molecule has 0 bridgehead atoms. The van der Waals surface area contributed by atoms with E-state index in [9.17, 15) is 13.0 Å². The minimum Gasteiger partial charge on any atom is -0.439 e. The van der Waals surface area contributed by atoms with E-state index in [1.165, 1.54) is 0 Å². The van der Waals surface area contributed by atoms with Crippen LogP contribution in [0.5, 0.6) is 5.75 Å². The van der Waals surface area contributed by atoms with Crippen molar-refractivity contribution in [2.75, 3.05) is 17.2 Å². The fourth-order valence-corrected chi connectivity index (χ4v) is 5.88. The molecule has 6 rings (SSSR count). The zero-order valence-corrected chi connectivity index (χ0v) is 23.3. The van der Waals surface area contributed by atoms with E-state index < -0.39 is 10.1 Å². The van der Waals surface area contributed by atoms with Crippen LogP contribution in [0.3, 0.4) is 0 Å². The number of anilines is 1. The Labute approximate surface area is 233 Å². The van der Waals surface area contributed by atoms with Gasteiger partial charge < -0.3 is 14.1 Å². The topological polar surface area (TPSA) is 83.9 Å². The maximum Gasteiger partial charge on any atom is 0.374 e. The van der Waals surface area contributed by atoms with Gasteiger partial charge in [-0.1, -0.05) is 55.5 Å². The van der Waals surface area contributed by atoms with E-state index in [0.717, 1.165) is 62.8 Å². The highest BCUT2D eigenvalue weighted by Gasteiger charge is 2.28. The number of benzene rings is 4.